The van der Waals surface area contributed by atoms with Crippen molar-refractivity contribution >= 4 is 29.9 Å². The summed E-state index contributed by atoms with van der Waals surface area (Å²) in [6.07, 6.45) is 6.70. The number of hydrogen-bond donors (Lipinski definition) is 1. The fourth-order valence-electron chi connectivity index (χ4n) is 3.69. The molecule has 0 aromatic rings. The van der Waals surface area contributed by atoms with Gasteiger partial charge in [-0.25, -0.2) is 0 Å². The minimum absolute atomic E-state index is 0. The normalized spacial score (nSPS) is 25.0. The van der Waals surface area contributed by atoms with Crippen LogP contribution >= 0.6 is 24.0 Å². The first-order chi connectivity index (χ1) is 10.2. The summed E-state index contributed by atoms with van der Waals surface area (Å²) in [5.74, 6) is 2.82. The van der Waals surface area contributed by atoms with Crippen LogP contribution in [0.5, 0.6) is 0 Å². The molecule has 0 bridgehead atoms. The first kappa shape index (κ1) is 20.0. The maximum Gasteiger partial charge on any atom is 0.193 e. The Morgan fingerprint density at radius 2 is 1.91 bits per heavy atom. The largest absolute Gasteiger partial charge is 0.356 e. The van der Waals surface area contributed by atoms with Crippen molar-refractivity contribution in [3.63, 3.8) is 0 Å². The molecular weight excluding hydrogens is 387 g/mol. The van der Waals surface area contributed by atoms with Crippen LogP contribution in [-0.2, 0) is 0 Å². The van der Waals surface area contributed by atoms with Gasteiger partial charge in [-0.15, -0.1) is 24.0 Å². The van der Waals surface area contributed by atoms with Gasteiger partial charge in [-0.3, -0.25) is 4.99 Å². The zero-order valence-corrected chi connectivity index (χ0v) is 17.0. The van der Waals surface area contributed by atoms with Crippen molar-refractivity contribution in [1.29, 1.82) is 0 Å². The van der Waals surface area contributed by atoms with Crippen molar-refractivity contribution < 1.29 is 0 Å². The highest BCUT2D eigenvalue weighted by Crippen LogP contribution is 2.20. The topological polar surface area (TPSA) is 30.9 Å². The number of likely N-dealkylation sites (tertiary alicyclic amines) is 2. The molecule has 2 heterocycles. The monoisotopic (exact) mass is 422 g/mol. The molecule has 0 spiro atoms. The van der Waals surface area contributed by atoms with Crippen LogP contribution in [0.3, 0.4) is 0 Å². The maximum atomic E-state index is 4.48. The molecule has 0 amide bonds. The van der Waals surface area contributed by atoms with Crippen molar-refractivity contribution in [3.05, 3.63) is 0 Å². The van der Waals surface area contributed by atoms with Gasteiger partial charge in [0.2, 0.25) is 0 Å². The summed E-state index contributed by atoms with van der Waals surface area (Å²) >= 11 is 0. The molecule has 4 nitrogen and oxygen atoms in total. The minimum Gasteiger partial charge on any atom is -0.356 e. The highest BCUT2D eigenvalue weighted by atomic mass is 127. The van der Waals surface area contributed by atoms with Gasteiger partial charge in [-0.05, 0) is 63.6 Å². The lowest BCUT2D eigenvalue weighted by molar-refractivity contribution is 0.187. The number of hydrogen-bond acceptors (Lipinski definition) is 2. The Morgan fingerprint density at radius 3 is 2.50 bits per heavy atom. The number of nitrogens with one attached hydrogen (secondary N) is 1. The molecule has 0 aromatic carbocycles. The van der Waals surface area contributed by atoms with Crippen LogP contribution in [0.1, 0.15) is 46.0 Å². The van der Waals surface area contributed by atoms with E-state index in [1.807, 2.05) is 7.05 Å². The SMILES string of the molecule is CCN1CCC(CCNC(=NC)N2CCCC(C)C2)CC1.I. The van der Waals surface area contributed by atoms with Crippen molar-refractivity contribution in [1.82, 2.24) is 15.1 Å². The molecule has 0 radical (unpaired) electrons. The van der Waals surface area contributed by atoms with Gasteiger partial charge in [-0.2, -0.15) is 0 Å². The van der Waals surface area contributed by atoms with E-state index >= 15 is 0 Å². The zero-order valence-electron chi connectivity index (χ0n) is 14.7. The summed E-state index contributed by atoms with van der Waals surface area (Å²) in [6, 6.07) is 0. The van der Waals surface area contributed by atoms with Gasteiger partial charge in [0.15, 0.2) is 5.96 Å². The summed E-state index contributed by atoms with van der Waals surface area (Å²) < 4.78 is 0. The van der Waals surface area contributed by atoms with Crippen LogP contribution < -0.4 is 5.32 Å². The van der Waals surface area contributed by atoms with Crippen LogP contribution in [0.4, 0.5) is 0 Å². The molecule has 130 valence electrons. The number of halogens is 1. The number of guanidine groups is 1. The molecule has 2 fully saturated rings. The van der Waals surface area contributed by atoms with E-state index in [0.29, 0.717) is 0 Å². The number of aliphatic imine (C=N–C) groups is 1. The lowest BCUT2D eigenvalue weighted by Gasteiger charge is -2.34. The van der Waals surface area contributed by atoms with Gasteiger partial charge in [-0.1, -0.05) is 13.8 Å². The van der Waals surface area contributed by atoms with Crippen LogP contribution in [0.25, 0.3) is 0 Å². The lowest BCUT2D eigenvalue weighted by atomic mass is 9.93. The smallest absolute Gasteiger partial charge is 0.193 e. The Kier molecular flexibility index (Phi) is 9.71. The van der Waals surface area contributed by atoms with E-state index in [9.17, 15) is 0 Å². The molecule has 5 heteroatoms. The van der Waals surface area contributed by atoms with Crippen molar-refractivity contribution in [2.75, 3.05) is 46.3 Å². The summed E-state index contributed by atoms with van der Waals surface area (Å²) in [7, 11) is 1.92. The van der Waals surface area contributed by atoms with Gasteiger partial charge in [0, 0.05) is 26.7 Å². The molecule has 2 aliphatic heterocycles. The minimum atomic E-state index is 0. The Morgan fingerprint density at radius 1 is 1.18 bits per heavy atom. The summed E-state index contributed by atoms with van der Waals surface area (Å²) in [6.45, 7) is 11.8. The second-order valence-corrected chi connectivity index (χ2v) is 6.83. The fraction of sp³-hybridized carbons (Fsp3) is 0.941. The molecular formula is C17H35IN4. The Bertz CT molecular complexity index is 327. The first-order valence-corrected chi connectivity index (χ1v) is 8.90. The maximum absolute atomic E-state index is 4.48. The second-order valence-electron chi connectivity index (χ2n) is 6.83. The molecule has 1 N–H and O–H groups in total. The predicted octanol–water partition coefficient (Wildman–Crippen LogP) is 3.03. The third kappa shape index (κ3) is 6.22. The molecule has 0 aromatic heterocycles. The summed E-state index contributed by atoms with van der Waals surface area (Å²) in [5, 5.41) is 3.59. The standard InChI is InChI=1S/C17H34N4.HI/c1-4-20-12-8-16(9-13-20)7-10-19-17(18-3)21-11-5-6-15(2)14-21;/h15-16H,4-14H2,1-3H3,(H,18,19);1H. The molecule has 0 saturated carbocycles. The number of piperidine rings is 2. The van der Waals surface area contributed by atoms with Gasteiger partial charge in [0.05, 0.1) is 0 Å². The number of rotatable bonds is 4. The zero-order chi connectivity index (χ0) is 15.1. The van der Waals surface area contributed by atoms with Gasteiger partial charge in [0.25, 0.3) is 0 Å². The first-order valence-electron chi connectivity index (χ1n) is 8.90. The van der Waals surface area contributed by atoms with Gasteiger partial charge < -0.3 is 15.1 Å². The van der Waals surface area contributed by atoms with E-state index in [2.05, 4.69) is 34.0 Å². The molecule has 1 unspecified atom stereocenters. The van der Waals surface area contributed by atoms with Crippen LogP contribution in [0, 0.1) is 11.8 Å². The summed E-state index contributed by atoms with van der Waals surface area (Å²) in [4.78, 5) is 9.48. The molecule has 0 aliphatic carbocycles. The third-order valence-corrected chi connectivity index (χ3v) is 5.16. The second kappa shape index (κ2) is 10.7. The Labute approximate surface area is 154 Å². The molecule has 2 aliphatic rings. The lowest BCUT2D eigenvalue weighted by Crippen LogP contribution is -2.46. The molecule has 2 saturated heterocycles. The van der Waals surface area contributed by atoms with Gasteiger partial charge >= 0.3 is 0 Å². The van der Waals surface area contributed by atoms with E-state index < -0.39 is 0 Å². The van der Waals surface area contributed by atoms with E-state index in [4.69, 9.17) is 0 Å². The van der Waals surface area contributed by atoms with Crippen LogP contribution in [-0.4, -0.2) is 62.1 Å². The highest BCUT2D eigenvalue weighted by molar-refractivity contribution is 14.0. The predicted molar refractivity (Wildman–Crippen MR) is 106 cm³/mol. The average Bonchev–Trinajstić information content (AvgIpc) is 2.52. The van der Waals surface area contributed by atoms with Crippen molar-refractivity contribution in [3.8, 4) is 0 Å². The van der Waals surface area contributed by atoms with E-state index in [1.165, 1.54) is 58.3 Å². The van der Waals surface area contributed by atoms with Crippen LogP contribution in [0.2, 0.25) is 0 Å². The highest BCUT2D eigenvalue weighted by Gasteiger charge is 2.20. The van der Waals surface area contributed by atoms with Crippen molar-refractivity contribution in [2.45, 2.75) is 46.0 Å². The Hall–Kier alpha value is -0.0400. The Balaban J connectivity index is 0.00000242. The third-order valence-electron chi connectivity index (χ3n) is 5.16. The summed E-state index contributed by atoms with van der Waals surface area (Å²) in [5.41, 5.74) is 0. The quantitative estimate of drug-likeness (QED) is 0.429. The average molecular weight is 422 g/mol. The molecule has 2 rings (SSSR count). The molecule has 22 heavy (non-hydrogen) atoms. The fourth-order valence-corrected chi connectivity index (χ4v) is 3.69. The van der Waals surface area contributed by atoms with Crippen LogP contribution in [0.15, 0.2) is 4.99 Å². The molecule has 1 atom stereocenters. The van der Waals surface area contributed by atoms with E-state index in [0.717, 1.165) is 30.9 Å². The van der Waals surface area contributed by atoms with E-state index in [1.54, 1.807) is 0 Å². The van der Waals surface area contributed by atoms with E-state index in [-0.39, 0.29) is 24.0 Å². The van der Waals surface area contributed by atoms with Gasteiger partial charge in [0.1, 0.15) is 0 Å². The van der Waals surface area contributed by atoms with Crippen molar-refractivity contribution in [2.24, 2.45) is 16.8 Å². The number of nitrogens with zero attached hydrogens (tertiary/aromatic N) is 3.